The third-order valence-corrected chi connectivity index (χ3v) is 6.28. The highest BCUT2D eigenvalue weighted by Gasteiger charge is 2.32. The summed E-state index contributed by atoms with van der Waals surface area (Å²) < 4.78 is 16.6. The fourth-order valence-electron chi connectivity index (χ4n) is 3.82. The summed E-state index contributed by atoms with van der Waals surface area (Å²) in [6.07, 6.45) is 1.87. The zero-order valence-electron chi connectivity index (χ0n) is 18.0. The number of carbonyl (C=O) groups is 1. The van der Waals surface area contributed by atoms with Crippen molar-refractivity contribution in [1.82, 2.24) is 9.88 Å². The zero-order chi connectivity index (χ0) is 21.8. The van der Waals surface area contributed by atoms with Gasteiger partial charge in [0.1, 0.15) is 23.1 Å². The minimum atomic E-state index is -0.0462. The molecule has 6 nitrogen and oxygen atoms in total. The number of likely N-dealkylation sites (tertiary alicyclic amines) is 1. The van der Waals surface area contributed by atoms with Crippen LogP contribution in [0.5, 0.6) is 17.2 Å². The van der Waals surface area contributed by atoms with Gasteiger partial charge < -0.3 is 19.1 Å². The standard InChI is InChI=1S/C24H26N2O4S/c1-16-6-9-18(10-7-16)30-14-23-25-19(15-31-23)24(27)26-12-4-5-20(26)17-8-11-21(28-2)22(13-17)29-3/h6-11,13,15,20H,4-5,12,14H2,1-3H3. The van der Waals surface area contributed by atoms with E-state index in [2.05, 4.69) is 4.98 Å². The highest BCUT2D eigenvalue weighted by Crippen LogP contribution is 2.37. The van der Waals surface area contributed by atoms with Gasteiger partial charge in [0, 0.05) is 11.9 Å². The van der Waals surface area contributed by atoms with Crippen molar-refractivity contribution in [2.24, 2.45) is 0 Å². The third kappa shape index (κ3) is 4.66. The number of methoxy groups -OCH3 is 2. The average Bonchev–Trinajstić information content (AvgIpc) is 3.48. The van der Waals surface area contributed by atoms with E-state index in [4.69, 9.17) is 14.2 Å². The Labute approximate surface area is 186 Å². The van der Waals surface area contributed by atoms with E-state index in [1.165, 1.54) is 16.9 Å². The molecule has 162 valence electrons. The number of aryl methyl sites for hydroxylation is 1. The largest absolute Gasteiger partial charge is 0.493 e. The van der Waals surface area contributed by atoms with Crippen molar-refractivity contribution in [1.29, 1.82) is 0 Å². The minimum absolute atomic E-state index is 0.00117. The maximum atomic E-state index is 13.2. The molecule has 0 aliphatic carbocycles. The lowest BCUT2D eigenvalue weighted by Crippen LogP contribution is -2.30. The molecule has 1 unspecified atom stereocenters. The van der Waals surface area contributed by atoms with Gasteiger partial charge in [-0.2, -0.15) is 0 Å². The first kappa shape index (κ1) is 21.2. The Balaban J connectivity index is 1.45. The van der Waals surface area contributed by atoms with Gasteiger partial charge in [-0.15, -0.1) is 11.3 Å². The Bertz CT molecular complexity index is 1050. The predicted molar refractivity (Wildman–Crippen MR) is 120 cm³/mol. The molecule has 31 heavy (non-hydrogen) atoms. The average molecular weight is 439 g/mol. The SMILES string of the molecule is COc1ccc(C2CCCN2C(=O)c2csc(COc3ccc(C)cc3)n2)cc1OC. The number of hydrogen-bond donors (Lipinski definition) is 0. The van der Waals surface area contributed by atoms with Crippen LogP contribution in [0, 0.1) is 6.92 Å². The van der Waals surface area contributed by atoms with Crippen LogP contribution >= 0.6 is 11.3 Å². The van der Waals surface area contributed by atoms with Crippen molar-refractivity contribution in [2.75, 3.05) is 20.8 Å². The number of rotatable bonds is 7. The summed E-state index contributed by atoms with van der Waals surface area (Å²) in [4.78, 5) is 19.6. The summed E-state index contributed by atoms with van der Waals surface area (Å²) >= 11 is 1.45. The predicted octanol–water partition coefficient (Wildman–Crippen LogP) is 5.03. The highest BCUT2D eigenvalue weighted by molar-refractivity contribution is 7.09. The van der Waals surface area contributed by atoms with Crippen molar-refractivity contribution in [3.05, 3.63) is 69.7 Å². The summed E-state index contributed by atoms with van der Waals surface area (Å²) in [5, 5.41) is 2.60. The smallest absolute Gasteiger partial charge is 0.273 e. The molecule has 1 saturated heterocycles. The molecule has 1 aliphatic heterocycles. The van der Waals surface area contributed by atoms with Gasteiger partial charge in [-0.25, -0.2) is 4.98 Å². The van der Waals surface area contributed by atoms with Gasteiger partial charge in [0.05, 0.1) is 20.3 Å². The van der Waals surface area contributed by atoms with Crippen LogP contribution in [0.15, 0.2) is 47.8 Å². The van der Waals surface area contributed by atoms with Crippen LogP contribution < -0.4 is 14.2 Å². The lowest BCUT2D eigenvalue weighted by atomic mass is 10.0. The van der Waals surface area contributed by atoms with Gasteiger partial charge in [-0.05, 0) is 49.6 Å². The van der Waals surface area contributed by atoms with E-state index >= 15 is 0 Å². The fourth-order valence-corrected chi connectivity index (χ4v) is 4.50. The molecular formula is C24H26N2O4S. The normalized spacial score (nSPS) is 15.7. The molecule has 0 bridgehead atoms. The Morgan fingerprint density at radius 1 is 1.13 bits per heavy atom. The number of aromatic nitrogens is 1. The molecule has 2 heterocycles. The lowest BCUT2D eigenvalue weighted by molar-refractivity contribution is 0.0730. The van der Waals surface area contributed by atoms with Crippen LogP contribution in [0.2, 0.25) is 0 Å². The van der Waals surface area contributed by atoms with E-state index in [9.17, 15) is 4.79 Å². The Kier molecular flexibility index (Phi) is 6.42. The van der Waals surface area contributed by atoms with E-state index in [1.54, 1.807) is 14.2 Å². The summed E-state index contributed by atoms with van der Waals surface area (Å²) in [6, 6.07) is 13.7. The number of thiazole rings is 1. The second-order valence-corrected chi connectivity index (χ2v) is 8.44. The molecule has 2 aromatic carbocycles. The first-order valence-electron chi connectivity index (χ1n) is 10.3. The summed E-state index contributed by atoms with van der Waals surface area (Å²) in [7, 11) is 3.24. The molecule has 0 N–H and O–H groups in total. The van der Waals surface area contributed by atoms with E-state index < -0.39 is 0 Å². The molecule has 4 rings (SSSR count). The van der Waals surface area contributed by atoms with Gasteiger partial charge >= 0.3 is 0 Å². The molecule has 1 aromatic heterocycles. The van der Waals surface area contributed by atoms with Crippen LogP contribution in [-0.4, -0.2) is 36.6 Å². The zero-order valence-corrected chi connectivity index (χ0v) is 18.8. The van der Waals surface area contributed by atoms with Crippen LogP contribution in [0.4, 0.5) is 0 Å². The molecule has 1 fully saturated rings. The van der Waals surface area contributed by atoms with Crippen molar-refractivity contribution in [3.63, 3.8) is 0 Å². The Morgan fingerprint density at radius 3 is 2.65 bits per heavy atom. The number of hydrogen-bond acceptors (Lipinski definition) is 6. The van der Waals surface area contributed by atoms with Crippen LogP contribution in [0.25, 0.3) is 0 Å². The van der Waals surface area contributed by atoms with Crippen molar-refractivity contribution in [3.8, 4) is 17.2 Å². The lowest BCUT2D eigenvalue weighted by Gasteiger charge is -2.25. The van der Waals surface area contributed by atoms with Gasteiger partial charge in [0.15, 0.2) is 11.5 Å². The Hall–Kier alpha value is -3.06. The molecule has 1 atom stereocenters. The maximum Gasteiger partial charge on any atom is 0.273 e. The van der Waals surface area contributed by atoms with Crippen molar-refractivity contribution in [2.45, 2.75) is 32.4 Å². The summed E-state index contributed by atoms with van der Waals surface area (Å²) in [5.41, 5.74) is 2.70. The molecule has 0 spiro atoms. The highest BCUT2D eigenvalue weighted by atomic mass is 32.1. The van der Waals surface area contributed by atoms with E-state index in [0.29, 0.717) is 30.3 Å². The number of carbonyl (C=O) groups excluding carboxylic acids is 1. The van der Waals surface area contributed by atoms with Gasteiger partial charge in [-0.1, -0.05) is 23.8 Å². The second kappa shape index (κ2) is 9.39. The monoisotopic (exact) mass is 438 g/mol. The maximum absolute atomic E-state index is 13.2. The molecule has 7 heteroatoms. The van der Waals surface area contributed by atoms with Crippen molar-refractivity contribution >= 4 is 17.2 Å². The third-order valence-electron chi connectivity index (χ3n) is 5.46. The van der Waals surface area contributed by atoms with E-state index in [-0.39, 0.29) is 11.9 Å². The molecule has 0 saturated carbocycles. The van der Waals surface area contributed by atoms with Gasteiger partial charge in [-0.3, -0.25) is 4.79 Å². The van der Waals surface area contributed by atoms with E-state index in [1.807, 2.05) is 59.7 Å². The van der Waals surface area contributed by atoms with Gasteiger partial charge in [0.25, 0.3) is 5.91 Å². The van der Waals surface area contributed by atoms with Gasteiger partial charge in [0.2, 0.25) is 0 Å². The summed E-state index contributed by atoms with van der Waals surface area (Å²) in [6.45, 7) is 3.10. The first-order valence-corrected chi connectivity index (χ1v) is 11.1. The number of nitrogens with zero attached hydrogens (tertiary/aromatic N) is 2. The molecule has 1 aliphatic rings. The molecule has 1 amide bonds. The van der Waals surface area contributed by atoms with E-state index in [0.717, 1.165) is 29.2 Å². The molecule has 0 radical (unpaired) electrons. The number of amides is 1. The Morgan fingerprint density at radius 2 is 1.90 bits per heavy atom. The summed E-state index contributed by atoms with van der Waals surface area (Å²) in [5.74, 6) is 2.10. The number of ether oxygens (including phenoxy) is 3. The second-order valence-electron chi connectivity index (χ2n) is 7.50. The molecular weight excluding hydrogens is 412 g/mol. The van der Waals surface area contributed by atoms with Crippen LogP contribution in [0.1, 0.15) is 45.5 Å². The topological polar surface area (TPSA) is 60.9 Å². The first-order chi connectivity index (χ1) is 15.1. The fraction of sp³-hybridized carbons (Fsp3) is 0.333. The minimum Gasteiger partial charge on any atom is -0.493 e. The number of benzene rings is 2. The van der Waals surface area contributed by atoms with Crippen LogP contribution in [-0.2, 0) is 6.61 Å². The quantitative estimate of drug-likeness (QED) is 0.518. The molecule has 3 aromatic rings. The van der Waals surface area contributed by atoms with Crippen LogP contribution in [0.3, 0.4) is 0 Å². The van der Waals surface area contributed by atoms with Crippen molar-refractivity contribution < 1.29 is 19.0 Å².